The maximum absolute atomic E-state index is 11.2. The van der Waals surface area contributed by atoms with Gasteiger partial charge in [-0.05, 0) is 51.8 Å². The number of ether oxygens (including phenoxy) is 2. The number of nitrogens with two attached hydrogens (primary N) is 1. The zero-order chi connectivity index (χ0) is 23.2. The topological polar surface area (TPSA) is 137 Å². The van der Waals surface area contributed by atoms with Crippen molar-refractivity contribution in [3.8, 4) is 0 Å². The Kier molecular flexibility index (Phi) is 12.5. The van der Waals surface area contributed by atoms with Crippen molar-refractivity contribution in [2.45, 2.75) is 59.0 Å². The molecule has 0 spiro atoms. The molecule has 0 atom stereocenters. The molecule has 0 aliphatic carbocycles. The van der Waals surface area contributed by atoms with Gasteiger partial charge in [0.15, 0.2) is 0 Å². The van der Waals surface area contributed by atoms with Crippen LogP contribution in [0.5, 0.6) is 0 Å². The van der Waals surface area contributed by atoms with Gasteiger partial charge in [-0.25, -0.2) is 4.79 Å². The molecule has 0 aliphatic rings. The number of hydrogen-bond acceptors (Lipinski definition) is 6. The van der Waals surface area contributed by atoms with Gasteiger partial charge in [-0.15, -0.1) is 0 Å². The summed E-state index contributed by atoms with van der Waals surface area (Å²) in [5.74, 6) is -0.876. The zero-order valence-electron chi connectivity index (χ0n) is 18.4. The van der Waals surface area contributed by atoms with Crippen LogP contribution >= 0.6 is 0 Å². The van der Waals surface area contributed by atoms with E-state index in [9.17, 15) is 19.2 Å². The molecule has 1 aromatic carbocycles. The Morgan fingerprint density at radius 1 is 1.07 bits per heavy atom. The standard InChI is InChI=1S/C12H23NO4.C9H10N2O2/c1-12(2,3)17-11(15)13-9-7-5-6-8-10(14)16-4;1-6(12)11-8-4-2-3-7(5-8)9(10)13/h5-9H2,1-4H3,(H,13,15);2-5H,1H3,(H2,10,13)(H,11,12). The fraction of sp³-hybridized carbons (Fsp3) is 0.524. The van der Waals surface area contributed by atoms with E-state index in [2.05, 4.69) is 15.4 Å². The molecule has 0 aliphatic heterocycles. The van der Waals surface area contributed by atoms with E-state index in [4.69, 9.17) is 10.5 Å². The second-order valence-corrected chi connectivity index (χ2v) is 7.44. The van der Waals surface area contributed by atoms with E-state index in [0.29, 0.717) is 24.2 Å². The van der Waals surface area contributed by atoms with Crippen LogP contribution in [-0.4, -0.2) is 43.1 Å². The highest BCUT2D eigenvalue weighted by atomic mass is 16.6. The summed E-state index contributed by atoms with van der Waals surface area (Å²) in [6.07, 6.45) is 2.53. The number of benzene rings is 1. The number of rotatable bonds is 8. The summed E-state index contributed by atoms with van der Waals surface area (Å²) >= 11 is 0. The molecule has 4 N–H and O–H groups in total. The maximum Gasteiger partial charge on any atom is 0.407 e. The van der Waals surface area contributed by atoms with E-state index in [1.165, 1.54) is 20.1 Å². The maximum atomic E-state index is 11.2. The number of carbonyl (C=O) groups is 4. The third kappa shape index (κ3) is 14.9. The highest BCUT2D eigenvalue weighted by Gasteiger charge is 2.15. The number of alkyl carbamates (subject to hydrolysis) is 1. The van der Waals surface area contributed by atoms with Crippen molar-refractivity contribution in [3.63, 3.8) is 0 Å². The average molecular weight is 424 g/mol. The predicted molar refractivity (Wildman–Crippen MR) is 114 cm³/mol. The predicted octanol–water partition coefficient (Wildman–Crippen LogP) is 2.99. The fourth-order valence-corrected chi connectivity index (χ4v) is 2.13. The first-order chi connectivity index (χ1) is 13.9. The normalized spacial score (nSPS) is 10.2. The van der Waals surface area contributed by atoms with Gasteiger partial charge < -0.3 is 25.8 Å². The van der Waals surface area contributed by atoms with Crippen LogP contribution < -0.4 is 16.4 Å². The first-order valence-electron chi connectivity index (χ1n) is 9.65. The second kappa shape index (κ2) is 14.0. The van der Waals surface area contributed by atoms with Gasteiger partial charge in [0.1, 0.15) is 5.60 Å². The third-order valence-corrected chi connectivity index (χ3v) is 3.42. The van der Waals surface area contributed by atoms with Crippen LogP contribution in [0.15, 0.2) is 24.3 Å². The van der Waals surface area contributed by atoms with E-state index in [0.717, 1.165) is 19.3 Å². The fourth-order valence-electron chi connectivity index (χ4n) is 2.13. The number of anilines is 1. The van der Waals surface area contributed by atoms with Crippen LogP contribution in [-0.2, 0) is 19.1 Å². The minimum absolute atomic E-state index is 0.179. The van der Waals surface area contributed by atoms with Gasteiger partial charge in [0, 0.05) is 31.1 Å². The lowest BCUT2D eigenvalue weighted by Gasteiger charge is -2.19. The van der Waals surface area contributed by atoms with Crippen LogP contribution in [0, 0.1) is 0 Å². The lowest BCUT2D eigenvalue weighted by molar-refractivity contribution is -0.140. The largest absolute Gasteiger partial charge is 0.469 e. The summed E-state index contributed by atoms with van der Waals surface area (Å²) in [6, 6.07) is 6.47. The summed E-state index contributed by atoms with van der Waals surface area (Å²) in [4.78, 5) is 43.5. The molecule has 0 bridgehead atoms. The number of nitrogens with one attached hydrogen (secondary N) is 2. The van der Waals surface area contributed by atoms with Gasteiger partial charge in [-0.1, -0.05) is 12.5 Å². The van der Waals surface area contributed by atoms with E-state index < -0.39 is 17.6 Å². The molecule has 1 aromatic rings. The number of amides is 3. The Bertz CT molecular complexity index is 713. The number of unbranched alkanes of at least 4 members (excludes halogenated alkanes) is 2. The van der Waals surface area contributed by atoms with E-state index in [1.807, 2.05) is 20.8 Å². The molecule has 0 heterocycles. The molecule has 3 amide bonds. The molecule has 9 heteroatoms. The quantitative estimate of drug-likeness (QED) is 0.434. The first kappa shape index (κ1) is 26.9. The van der Waals surface area contributed by atoms with Crippen LogP contribution in [0.1, 0.15) is 63.7 Å². The second-order valence-electron chi connectivity index (χ2n) is 7.44. The Morgan fingerprint density at radius 2 is 1.73 bits per heavy atom. The Hall–Kier alpha value is -3.10. The Morgan fingerprint density at radius 3 is 2.27 bits per heavy atom. The van der Waals surface area contributed by atoms with Crippen molar-refractivity contribution < 1.29 is 28.7 Å². The van der Waals surface area contributed by atoms with Crippen molar-refractivity contribution in [2.24, 2.45) is 5.73 Å². The number of primary amides is 1. The molecular formula is C21H33N3O6. The van der Waals surface area contributed by atoms with Gasteiger partial charge in [0.25, 0.3) is 0 Å². The summed E-state index contributed by atoms with van der Waals surface area (Å²) in [5, 5.41) is 5.22. The first-order valence-corrected chi connectivity index (χ1v) is 9.65. The summed E-state index contributed by atoms with van der Waals surface area (Å²) in [6.45, 7) is 7.43. The molecule has 30 heavy (non-hydrogen) atoms. The molecule has 1 rings (SSSR count). The number of esters is 1. The number of hydrogen-bond donors (Lipinski definition) is 3. The highest BCUT2D eigenvalue weighted by molar-refractivity contribution is 5.95. The molecule has 0 aromatic heterocycles. The van der Waals surface area contributed by atoms with Crippen LogP contribution in [0.3, 0.4) is 0 Å². The lowest BCUT2D eigenvalue weighted by atomic mass is 10.2. The Labute approximate surface area is 177 Å². The minimum atomic E-state index is -0.507. The highest BCUT2D eigenvalue weighted by Crippen LogP contribution is 2.09. The van der Waals surface area contributed by atoms with Crippen molar-refractivity contribution in [3.05, 3.63) is 29.8 Å². The summed E-state index contributed by atoms with van der Waals surface area (Å²) in [5.41, 5.74) is 5.55. The van der Waals surface area contributed by atoms with Crippen LogP contribution in [0.25, 0.3) is 0 Å². The molecule has 0 saturated carbocycles. The monoisotopic (exact) mass is 423 g/mol. The van der Waals surface area contributed by atoms with Crippen LogP contribution in [0.4, 0.5) is 10.5 Å². The third-order valence-electron chi connectivity index (χ3n) is 3.42. The number of methoxy groups -OCH3 is 1. The lowest BCUT2D eigenvalue weighted by Crippen LogP contribution is -2.32. The van der Waals surface area contributed by atoms with Crippen molar-refractivity contribution in [2.75, 3.05) is 19.0 Å². The van der Waals surface area contributed by atoms with Gasteiger partial charge in [0.05, 0.1) is 7.11 Å². The van der Waals surface area contributed by atoms with Crippen molar-refractivity contribution >= 4 is 29.6 Å². The van der Waals surface area contributed by atoms with Gasteiger partial charge >= 0.3 is 12.1 Å². The molecule has 0 saturated heterocycles. The minimum Gasteiger partial charge on any atom is -0.469 e. The van der Waals surface area contributed by atoms with E-state index in [-0.39, 0.29) is 11.9 Å². The van der Waals surface area contributed by atoms with E-state index in [1.54, 1.807) is 18.2 Å². The molecule has 9 nitrogen and oxygen atoms in total. The molecule has 0 unspecified atom stereocenters. The molecular weight excluding hydrogens is 390 g/mol. The molecule has 0 fully saturated rings. The van der Waals surface area contributed by atoms with Gasteiger partial charge in [-0.3, -0.25) is 14.4 Å². The summed E-state index contributed by atoms with van der Waals surface area (Å²) < 4.78 is 9.60. The Balaban J connectivity index is 0.000000579. The van der Waals surface area contributed by atoms with Crippen LogP contribution in [0.2, 0.25) is 0 Å². The smallest absolute Gasteiger partial charge is 0.407 e. The zero-order valence-corrected chi connectivity index (χ0v) is 18.4. The van der Waals surface area contributed by atoms with Gasteiger partial charge in [0.2, 0.25) is 11.8 Å². The van der Waals surface area contributed by atoms with Gasteiger partial charge in [-0.2, -0.15) is 0 Å². The number of carbonyl (C=O) groups excluding carboxylic acids is 4. The van der Waals surface area contributed by atoms with Crippen molar-refractivity contribution in [1.82, 2.24) is 5.32 Å². The van der Waals surface area contributed by atoms with Crippen molar-refractivity contribution in [1.29, 1.82) is 0 Å². The van der Waals surface area contributed by atoms with E-state index >= 15 is 0 Å². The average Bonchev–Trinajstić information content (AvgIpc) is 2.63. The summed E-state index contributed by atoms with van der Waals surface area (Å²) in [7, 11) is 1.38. The molecule has 168 valence electrons. The SMILES string of the molecule is CC(=O)Nc1cccc(C(N)=O)c1.COC(=O)CCCCCNC(=O)OC(C)(C)C. The molecule has 0 radical (unpaired) electrons.